The van der Waals surface area contributed by atoms with E-state index >= 15 is 0 Å². The molecule has 0 radical (unpaired) electrons. The number of azo groups is 1. The monoisotopic (exact) mass is 412 g/mol. The molecule has 29 heavy (non-hydrogen) atoms. The van der Waals surface area contributed by atoms with Crippen LogP contribution in [-0.2, 0) is 0 Å². The van der Waals surface area contributed by atoms with Crippen LogP contribution < -0.4 is 0 Å². The molecule has 10 nitrogen and oxygen atoms in total. The molecular weight excluding hydrogens is 400 g/mol. The molecule has 0 spiro atoms. The molecule has 3 rings (SSSR count). The first-order chi connectivity index (χ1) is 13.9. The summed E-state index contributed by atoms with van der Waals surface area (Å²) in [6.07, 6.45) is 0.512. The third-order valence-corrected chi connectivity index (χ3v) is 4.12. The number of carbonyl (C=O) groups is 1. The van der Waals surface area contributed by atoms with E-state index < -0.39 is 10.7 Å². The minimum Gasteiger partial charge on any atom is -0.513 e. The summed E-state index contributed by atoms with van der Waals surface area (Å²) < 4.78 is 1.45. The van der Waals surface area contributed by atoms with Crippen LogP contribution in [-0.4, -0.2) is 30.8 Å². The lowest BCUT2D eigenvalue weighted by Gasteiger charge is -2.03. The number of aromatic nitrogens is 3. The second-order valence-corrected chi connectivity index (χ2v) is 6.17. The van der Waals surface area contributed by atoms with Gasteiger partial charge in [-0.2, -0.15) is 5.11 Å². The summed E-state index contributed by atoms with van der Waals surface area (Å²) in [4.78, 5) is 22.8. The molecule has 0 bridgehead atoms. The first kappa shape index (κ1) is 19.8. The Kier molecular flexibility index (Phi) is 5.74. The Hall–Kier alpha value is -3.92. The maximum absolute atomic E-state index is 12.7. The maximum atomic E-state index is 12.7. The number of carbonyl (C=O) groups excluding carboxylic acids is 1. The topological polar surface area (TPSA) is 136 Å². The van der Waals surface area contributed by atoms with Crippen molar-refractivity contribution >= 4 is 28.8 Å². The summed E-state index contributed by atoms with van der Waals surface area (Å²) in [6.45, 7) is 1.64. The standard InChI is InChI=1S/C18H13ClN6O4/c1-11-17(22-23-24(11)14-6-2-12(19)3-7-14)18(27)16(10-26)21-20-13-4-8-15(9-5-13)25(28)29/h2-10,26H,1H3/b16-10-,21-20?. The van der Waals surface area contributed by atoms with E-state index in [1.807, 2.05) is 0 Å². The summed E-state index contributed by atoms with van der Waals surface area (Å²) in [5.41, 5.74) is 0.872. The Morgan fingerprint density at radius 1 is 1.21 bits per heavy atom. The number of aliphatic hydroxyl groups is 1. The van der Waals surface area contributed by atoms with Gasteiger partial charge in [0.05, 0.1) is 22.0 Å². The second-order valence-electron chi connectivity index (χ2n) is 5.73. The van der Waals surface area contributed by atoms with E-state index in [0.717, 1.165) is 0 Å². The molecule has 2 aromatic carbocycles. The van der Waals surface area contributed by atoms with Gasteiger partial charge < -0.3 is 5.11 Å². The summed E-state index contributed by atoms with van der Waals surface area (Å²) in [5, 5.41) is 36.0. The molecule has 1 N–H and O–H groups in total. The number of hydrogen-bond donors (Lipinski definition) is 1. The number of ketones is 1. The lowest BCUT2D eigenvalue weighted by molar-refractivity contribution is -0.384. The highest BCUT2D eigenvalue weighted by molar-refractivity contribution is 6.30. The van der Waals surface area contributed by atoms with Gasteiger partial charge >= 0.3 is 0 Å². The molecule has 0 atom stereocenters. The second kappa shape index (κ2) is 8.40. The molecule has 0 aliphatic carbocycles. The highest BCUT2D eigenvalue weighted by atomic mass is 35.5. The average molecular weight is 413 g/mol. The number of nitro benzene ring substituents is 1. The number of aliphatic hydroxyl groups excluding tert-OH is 1. The molecule has 3 aromatic rings. The number of allylic oxidation sites excluding steroid dienone is 1. The molecule has 0 saturated carbocycles. The Labute approximate surface area is 168 Å². The van der Waals surface area contributed by atoms with Crippen molar-refractivity contribution in [3.05, 3.63) is 87.0 Å². The predicted molar refractivity (Wildman–Crippen MR) is 104 cm³/mol. The maximum Gasteiger partial charge on any atom is 0.269 e. The van der Waals surface area contributed by atoms with Crippen LogP contribution in [0.3, 0.4) is 0 Å². The summed E-state index contributed by atoms with van der Waals surface area (Å²) in [7, 11) is 0. The number of nitro groups is 1. The van der Waals surface area contributed by atoms with Crippen LogP contribution in [0.25, 0.3) is 5.69 Å². The Balaban J connectivity index is 1.83. The van der Waals surface area contributed by atoms with Crippen LogP contribution in [0.4, 0.5) is 11.4 Å². The quantitative estimate of drug-likeness (QED) is 0.158. The van der Waals surface area contributed by atoms with Crippen LogP contribution in [0.5, 0.6) is 0 Å². The van der Waals surface area contributed by atoms with Gasteiger partial charge in [0.1, 0.15) is 6.26 Å². The van der Waals surface area contributed by atoms with Crippen molar-refractivity contribution in [2.24, 2.45) is 10.2 Å². The van der Waals surface area contributed by atoms with Gasteiger partial charge in [-0.15, -0.1) is 10.2 Å². The molecule has 1 aromatic heterocycles. The number of non-ortho nitro benzene ring substituents is 1. The summed E-state index contributed by atoms with van der Waals surface area (Å²) in [6, 6.07) is 12.0. The van der Waals surface area contributed by atoms with Crippen molar-refractivity contribution in [1.82, 2.24) is 15.0 Å². The van der Waals surface area contributed by atoms with Crippen molar-refractivity contribution in [3.63, 3.8) is 0 Å². The minimum absolute atomic E-state index is 0.0112. The minimum atomic E-state index is -0.684. The van der Waals surface area contributed by atoms with Gasteiger partial charge in [-0.05, 0) is 43.3 Å². The van der Waals surface area contributed by atoms with Crippen molar-refractivity contribution < 1.29 is 14.8 Å². The third kappa shape index (κ3) is 4.33. The first-order valence-electron chi connectivity index (χ1n) is 8.14. The van der Waals surface area contributed by atoms with E-state index in [0.29, 0.717) is 22.7 Å². The zero-order valence-corrected chi connectivity index (χ0v) is 15.7. The number of benzene rings is 2. The molecule has 0 unspecified atom stereocenters. The van der Waals surface area contributed by atoms with Gasteiger partial charge in [-0.1, -0.05) is 16.8 Å². The van der Waals surface area contributed by atoms with Crippen LogP contribution in [0, 0.1) is 17.0 Å². The number of Topliss-reactive ketones (excluding diaryl/α,β-unsaturated/α-hetero) is 1. The zero-order chi connectivity index (χ0) is 21.0. The molecule has 11 heteroatoms. The van der Waals surface area contributed by atoms with Crippen LogP contribution >= 0.6 is 11.6 Å². The lowest BCUT2D eigenvalue weighted by atomic mass is 10.2. The molecule has 0 aliphatic rings. The summed E-state index contributed by atoms with van der Waals surface area (Å²) in [5.74, 6) is -0.684. The van der Waals surface area contributed by atoms with Crippen molar-refractivity contribution in [2.45, 2.75) is 6.92 Å². The fourth-order valence-electron chi connectivity index (χ4n) is 2.37. The van der Waals surface area contributed by atoms with Crippen LogP contribution in [0.1, 0.15) is 16.2 Å². The van der Waals surface area contributed by atoms with Gasteiger partial charge in [0.2, 0.25) is 5.78 Å². The van der Waals surface area contributed by atoms with E-state index in [2.05, 4.69) is 20.5 Å². The molecule has 0 fully saturated rings. The highest BCUT2D eigenvalue weighted by Gasteiger charge is 2.21. The van der Waals surface area contributed by atoms with Crippen molar-refractivity contribution in [3.8, 4) is 5.69 Å². The van der Waals surface area contributed by atoms with Crippen molar-refractivity contribution in [2.75, 3.05) is 0 Å². The van der Waals surface area contributed by atoms with Crippen molar-refractivity contribution in [1.29, 1.82) is 0 Å². The van der Waals surface area contributed by atoms with Crippen LogP contribution in [0.2, 0.25) is 5.02 Å². The predicted octanol–water partition coefficient (Wildman–Crippen LogP) is 4.50. The highest BCUT2D eigenvalue weighted by Crippen LogP contribution is 2.21. The average Bonchev–Trinajstić information content (AvgIpc) is 3.10. The first-order valence-corrected chi connectivity index (χ1v) is 8.52. The van der Waals surface area contributed by atoms with Gasteiger partial charge in [-0.25, -0.2) is 4.68 Å². The summed E-state index contributed by atoms with van der Waals surface area (Å²) >= 11 is 5.87. The van der Waals surface area contributed by atoms with E-state index in [-0.39, 0.29) is 22.8 Å². The van der Waals surface area contributed by atoms with Gasteiger partial charge in [-0.3, -0.25) is 14.9 Å². The number of rotatable bonds is 6. The molecule has 146 valence electrons. The normalized spacial score (nSPS) is 11.7. The molecule has 1 heterocycles. The SMILES string of the molecule is Cc1c(C(=O)/C(=C/O)N=Nc2ccc([N+](=O)[O-])cc2)nnn1-c1ccc(Cl)cc1. The smallest absolute Gasteiger partial charge is 0.269 e. The van der Waals surface area contributed by atoms with E-state index in [9.17, 15) is 20.0 Å². The zero-order valence-electron chi connectivity index (χ0n) is 14.9. The number of hydrogen-bond acceptors (Lipinski definition) is 8. The van der Waals surface area contributed by atoms with Gasteiger partial charge in [0.15, 0.2) is 11.4 Å². The van der Waals surface area contributed by atoms with Gasteiger partial charge in [0.25, 0.3) is 5.69 Å². The fourth-order valence-corrected chi connectivity index (χ4v) is 2.50. The van der Waals surface area contributed by atoms with E-state index in [1.54, 1.807) is 31.2 Å². The Bertz CT molecular complexity index is 1120. The fraction of sp³-hybridized carbons (Fsp3) is 0.0556. The van der Waals surface area contributed by atoms with Crippen LogP contribution in [0.15, 0.2) is 70.7 Å². The largest absolute Gasteiger partial charge is 0.513 e. The molecule has 0 amide bonds. The molecule has 0 aliphatic heterocycles. The molecule has 0 saturated heterocycles. The Morgan fingerprint density at radius 2 is 1.86 bits per heavy atom. The molecular formula is C18H13ClN6O4. The Morgan fingerprint density at radius 3 is 2.45 bits per heavy atom. The number of nitrogens with zero attached hydrogens (tertiary/aromatic N) is 6. The van der Waals surface area contributed by atoms with E-state index in [1.165, 1.54) is 28.9 Å². The van der Waals surface area contributed by atoms with E-state index in [4.69, 9.17) is 11.6 Å². The lowest BCUT2D eigenvalue weighted by Crippen LogP contribution is -2.06. The number of halogens is 1. The van der Waals surface area contributed by atoms with Gasteiger partial charge in [0, 0.05) is 17.2 Å². The third-order valence-electron chi connectivity index (χ3n) is 3.87.